The lowest BCUT2D eigenvalue weighted by atomic mass is 10.2. The van der Waals surface area contributed by atoms with Crippen molar-refractivity contribution in [3.63, 3.8) is 0 Å². The van der Waals surface area contributed by atoms with Gasteiger partial charge in [0.05, 0.1) is 3.79 Å². The predicted octanol–water partition coefficient (Wildman–Crippen LogP) is 4.50. The maximum absolute atomic E-state index is 11.9. The van der Waals surface area contributed by atoms with Gasteiger partial charge in [-0.3, -0.25) is 0 Å². The van der Waals surface area contributed by atoms with E-state index in [2.05, 4.69) is 41.9 Å². The Bertz CT molecular complexity index is 364. The Hall–Kier alpha value is 0.370. The largest absolute Gasteiger partial charge is 0.411 e. The highest BCUT2D eigenvalue weighted by molar-refractivity contribution is 9.13. The van der Waals surface area contributed by atoms with Gasteiger partial charge in [0.2, 0.25) is 0 Å². The zero-order valence-electron chi connectivity index (χ0n) is 9.48. The summed E-state index contributed by atoms with van der Waals surface area (Å²) in [7, 11) is 1.77. The van der Waals surface area contributed by atoms with Crippen molar-refractivity contribution < 1.29 is 17.9 Å². The Balaban J connectivity index is 2.43. The molecule has 0 spiro atoms. The van der Waals surface area contributed by atoms with Crippen LogP contribution in [0.2, 0.25) is 0 Å². The van der Waals surface area contributed by atoms with E-state index in [0.29, 0.717) is 6.42 Å². The van der Waals surface area contributed by atoms with E-state index in [1.54, 1.807) is 18.4 Å². The Morgan fingerprint density at radius 1 is 1.44 bits per heavy atom. The number of nitrogens with one attached hydrogen (secondary N) is 1. The molecule has 1 atom stereocenters. The second-order valence-electron chi connectivity index (χ2n) is 3.57. The number of hydrogen-bond acceptors (Lipinski definition) is 3. The quantitative estimate of drug-likeness (QED) is 0.697. The summed E-state index contributed by atoms with van der Waals surface area (Å²) in [5.41, 5.74) is 0. The van der Waals surface area contributed by atoms with Gasteiger partial charge in [0.15, 0.2) is 0 Å². The van der Waals surface area contributed by atoms with Gasteiger partial charge in [-0.2, -0.15) is 13.2 Å². The number of ether oxygens (including phenoxy) is 1. The summed E-state index contributed by atoms with van der Waals surface area (Å²) < 4.78 is 42.2. The first-order valence-corrected chi connectivity index (χ1v) is 7.50. The molecule has 0 amide bonds. The Morgan fingerprint density at radius 2 is 2.11 bits per heavy atom. The average molecular weight is 411 g/mol. The minimum Gasteiger partial charge on any atom is -0.372 e. The van der Waals surface area contributed by atoms with Crippen molar-refractivity contribution >= 4 is 43.2 Å². The zero-order chi connectivity index (χ0) is 13.8. The van der Waals surface area contributed by atoms with Crippen molar-refractivity contribution in [2.75, 3.05) is 20.3 Å². The molecular formula is C10H12Br2F3NOS. The molecule has 0 saturated heterocycles. The van der Waals surface area contributed by atoms with Crippen LogP contribution in [0.5, 0.6) is 0 Å². The smallest absolute Gasteiger partial charge is 0.372 e. The van der Waals surface area contributed by atoms with Gasteiger partial charge >= 0.3 is 6.18 Å². The lowest BCUT2D eigenvalue weighted by Gasteiger charge is -2.15. The number of rotatable bonds is 6. The summed E-state index contributed by atoms with van der Waals surface area (Å²) in [5.74, 6) is 0. The van der Waals surface area contributed by atoms with Gasteiger partial charge < -0.3 is 10.1 Å². The number of halogens is 5. The van der Waals surface area contributed by atoms with E-state index >= 15 is 0 Å². The molecule has 0 aromatic carbocycles. The molecule has 0 fully saturated rings. The van der Waals surface area contributed by atoms with E-state index in [-0.39, 0.29) is 12.6 Å². The summed E-state index contributed by atoms with van der Waals surface area (Å²) in [6, 6.07) is 1.94. The Morgan fingerprint density at radius 3 is 2.56 bits per heavy atom. The summed E-state index contributed by atoms with van der Waals surface area (Å²) in [6.07, 6.45) is -3.77. The van der Waals surface area contributed by atoms with E-state index in [0.717, 1.165) is 13.1 Å². The predicted molar refractivity (Wildman–Crippen MR) is 73.0 cm³/mol. The van der Waals surface area contributed by atoms with Crippen LogP contribution in [-0.2, 0) is 4.74 Å². The fourth-order valence-corrected chi connectivity index (χ4v) is 3.59. The van der Waals surface area contributed by atoms with Gasteiger partial charge in [-0.15, -0.1) is 11.3 Å². The van der Waals surface area contributed by atoms with Crippen molar-refractivity contribution in [1.29, 1.82) is 0 Å². The van der Waals surface area contributed by atoms with Crippen LogP contribution in [0.4, 0.5) is 13.2 Å². The molecule has 1 heterocycles. The van der Waals surface area contributed by atoms with Crippen LogP contribution >= 0.6 is 43.2 Å². The van der Waals surface area contributed by atoms with Gasteiger partial charge in [0.1, 0.15) is 6.61 Å². The van der Waals surface area contributed by atoms with Crippen molar-refractivity contribution in [3.8, 4) is 0 Å². The topological polar surface area (TPSA) is 21.3 Å². The molecule has 8 heteroatoms. The second-order valence-corrected chi connectivity index (χ2v) is 6.82. The molecule has 1 N–H and O–H groups in total. The molecule has 0 aliphatic rings. The van der Waals surface area contributed by atoms with E-state index in [1.165, 1.54) is 0 Å². The van der Waals surface area contributed by atoms with Crippen molar-refractivity contribution in [3.05, 3.63) is 19.2 Å². The molecule has 0 saturated carbocycles. The molecule has 0 aliphatic carbocycles. The fourth-order valence-electron chi connectivity index (χ4n) is 1.35. The standard InChI is InChI=1S/C10H12Br2F3NOS/c1-16-7(2-3-17-5-10(13,14)15)8-4-6(11)9(12)18-8/h4,7,16H,2-3,5H2,1H3. The Labute approximate surface area is 124 Å². The van der Waals surface area contributed by atoms with Crippen molar-refractivity contribution in [1.82, 2.24) is 5.32 Å². The molecule has 1 unspecified atom stereocenters. The fraction of sp³-hybridized carbons (Fsp3) is 0.600. The van der Waals surface area contributed by atoms with Gasteiger partial charge in [-0.05, 0) is 51.4 Å². The van der Waals surface area contributed by atoms with Gasteiger partial charge in [-0.1, -0.05) is 0 Å². The van der Waals surface area contributed by atoms with Crippen LogP contribution in [0, 0.1) is 0 Å². The third-order valence-electron chi connectivity index (χ3n) is 2.17. The summed E-state index contributed by atoms with van der Waals surface area (Å²) in [4.78, 5) is 1.05. The molecule has 1 aromatic rings. The number of thiophene rings is 1. The molecule has 2 nitrogen and oxygen atoms in total. The van der Waals surface area contributed by atoms with Crippen LogP contribution in [0.15, 0.2) is 14.3 Å². The zero-order valence-corrected chi connectivity index (χ0v) is 13.5. The maximum atomic E-state index is 11.9. The molecule has 0 bridgehead atoms. The summed E-state index contributed by atoms with van der Waals surface area (Å²) in [5, 5.41) is 3.06. The van der Waals surface area contributed by atoms with Crippen LogP contribution in [0.25, 0.3) is 0 Å². The molecule has 0 radical (unpaired) electrons. The third kappa shape index (κ3) is 5.56. The average Bonchev–Trinajstić information content (AvgIpc) is 2.57. The first-order chi connectivity index (χ1) is 8.33. The lowest BCUT2D eigenvalue weighted by Crippen LogP contribution is -2.21. The van der Waals surface area contributed by atoms with Crippen LogP contribution in [0.1, 0.15) is 17.3 Å². The van der Waals surface area contributed by atoms with E-state index in [4.69, 9.17) is 0 Å². The summed E-state index contributed by atoms with van der Waals surface area (Å²) >= 11 is 8.30. The molecule has 1 rings (SSSR count). The van der Waals surface area contributed by atoms with E-state index in [9.17, 15) is 13.2 Å². The highest BCUT2D eigenvalue weighted by Crippen LogP contribution is 2.36. The maximum Gasteiger partial charge on any atom is 0.411 e. The number of alkyl halides is 3. The second kappa shape index (κ2) is 7.23. The van der Waals surface area contributed by atoms with Crippen LogP contribution in [-0.4, -0.2) is 26.4 Å². The molecule has 1 aromatic heterocycles. The minimum atomic E-state index is -4.26. The normalized spacial score (nSPS) is 13.9. The van der Waals surface area contributed by atoms with Crippen LogP contribution < -0.4 is 5.32 Å². The molecule has 18 heavy (non-hydrogen) atoms. The summed E-state index contributed by atoms with van der Waals surface area (Å²) in [6.45, 7) is -1.13. The van der Waals surface area contributed by atoms with E-state index in [1.807, 2.05) is 6.07 Å². The van der Waals surface area contributed by atoms with Gasteiger partial charge in [0, 0.05) is 22.0 Å². The monoisotopic (exact) mass is 409 g/mol. The highest BCUT2D eigenvalue weighted by atomic mass is 79.9. The van der Waals surface area contributed by atoms with Crippen molar-refractivity contribution in [2.24, 2.45) is 0 Å². The van der Waals surface area contributed by atoms with Crippen LogP contribution in [0.3, 0.4) is 0 Å². The molecular weight excluding hydrogens is 399 g/mol. The van der Waals surface area contributed by atoms with Crippen molar-refractivity contribution in [2.45, 2.75) is 18.6 Å². The van der Waals surface area contributed by atoms with Gasteiger partial charge in [0.25, 0.3) is 0 Å². The first kappa shape index (κ1) is 16.4. The molecule has 0 aliphatic heterocycles. The third-order valence-corrected chi connectivity index (χ3v) is 5.54. The number of hydrogen-bond donors (Lipinski definition) is 1. The lowest BCUT2D eigenvalue weighted by molar-refractivity contribution is -0.174. The Kier molecular flexibility index (Phi) is 6.60. The SMILES string of the molecule is CNC(CCOCC(F)(F)F)c1cc(Br)c(Br)s1. The molecule has 104 valence electrons. The minimum absolute atomic E-state index is 0.00849. The highest BCUT2D eigenvalue weighted by Gasteiger charge is 2.27. The van der Waals surface area contributed by atoms with E-state index < -0.39 is 12.8 Å². The first-order valence-electron chi connectivity index (χ1n) is 5.10. The van der Waals surface area contributed by atoms with Gasteiger partial charge in [-0.25, -0.2) is 0 Å².